The van der Waals surface area contributed by atoms with Crippen LogP contribution in [0.5, 0.6) is 0 Å². The lowest BCUT2D eigenvalue weighted by Gasteiger charge is -2.17. The second-order valence-corrected chi connectivity index (χ2v) is 5.76. The average Bonchev–Trinajstić information content (AvgIpc) is 2.89. The van der Waals surface area contributed by atoms with Crippen LogP contribution in [-0.4, -0.2) is 29.1 Å². The fourth-order valence-corrected chi connectivity index (χ4v) is 3.55. The van der Waals surface area contributed by atoms with Crippen molar-refractivity contribution in [2.75, 3.05) is 13.1 Å². The molecular formula is C15H18FNO2. The Bertz CT molecular complexity index is 491. The largest absolute Gasteiger partial charge is 0.478 e. The van der Waals surface area contributed by atoms with Crippen LogP contribution < -0.4 is 0 Å². The Labute approximate surface area is 112 Å². The van der Waals surface area contributed by atoms with Crippen molar-refractivity contribution in [2.24, 2.45) is 11.8 Å². The monoisotopic (exact) mass is 263 g/mol. The van der Waals surface area contributed by atoms with E-state index in [9.17, 15) is 9.18 Å². The minimum Gasteiger partial charge on any atom is -0.478 e. The summed E-state index contributed by atoms with van der Waals surface area (Å²) in [6.07, 6.45) is 4.01. The summed E-state index contributed by atoms with van der Waals surface area (Å²) in [6.45, 7) is 2.93. The summed E-state index contributed by atoms with van der Waals surface area (Å²) in [5.41, 5.74) is 0.615. The molecule has 0 spiro atoms. The number of hydrogen-bond acceptors (Lipinski definition) is 2. The smallest absolute Gasteiger partial charge is 0.338 e. The maximum atomic E-state index is 13.6. The molecule has 1 aliphatic carbocycles. The van der Waals surface area contributed by atoms with E-state index >= 15 is 0 Å². The lowest BCUT2D eigenvalue weighted by molar-refractivity contribution is 0.0692. The maximum Gasteiger partial charge on any atom is 0.338 e. The van der Waals surface area contributed by atoms with Crippen molar-refractivity contribution < 1.29 is 14.3 Å². The molecule has 102 valence electrons. The second-order valence-electron chi connectivity index (χ2n) is 5.76. The third kappa shape index (κ3) is 2.50. The fourth-order valence-electron chi connectivity index (χ4n) is 3.55. The molecule has 1 saturated carbocycles. The Balaban J connectivity index is 1.67. The number of hydrogen-bond donors (Lipinski definition) is 1. The van der Waals surface area contributed by atoms with Crippen molar-refractivity contribution in [3.8, 4) is 0 Å². The van der Waals surface area contributed by atoms with Gasteiger partial charge in [-0.05, 0) is 42.4 Å². The van der Waals surface area contributed by atoms with Gasteiger partial charge in [-0.3, -0.25) is 4.90 Å². The zero-order valence-corrected chi connectivity index (χ0v) is 10.8. The van der Waals surface area contributed by atoms with Gasteiger partial charge in [0.2, 0.25) is 0 Å². The van der Waals surface area contributed by atoms with Gasteiger partial charge in [-0.1, -0.05) is 12.5 Å². The zero-order valence-electron chi connectivity index (χ0n) is 10.8. The molecule has 1 aromatic rings. The highest BCUT2D eigenvalue weighted by Gasteiger charge is 2.35. The summed E-state index contributed by atoms with van der Waals surface area (Å²) in [4.78, 5) is 13.1. The number of nitrogens with zero attached hydrogens (tertiary/aromatic N) is 1. The summed E-state index contributed by atoms with van der Waals surface area (Å²) in [5.74, 6) is -0.199. The minimum absolute atomic E-state index is 0.248. The number of likely N-dealkylation sites (tertiary alicyclic amines) is 1. The Hall–Kier alpha value is -1.42. The molecule has 2 atom stereocenters. The molecule has 0 amide bonds. The van der Waals surface area contributed by atoms with Crippen molar-refractivity contribution in [3.05, 3.63) is 35.1 Å². The van der Waals surface area contributed by atoms with Gasteiger partial charge in [0.1, 0.15) is 5.82 Å². The van der Waals surface area contributed by atoms with Gasteiger partial charge in [-0.15, -0.1) is 0 Å². The molecule has 2 aliphatic rings. The van der Waals surface area contributed by atoms with E-state index in [1.807, 2.05) is 0 Å². The van der Waals surface area contributed by atoms with Crippen LogP contribution >= 0.6 is 0 Å². The number of carboxylic acid groups (broad SMARTS) is 1. The van der Waals surface area contributed by atoms with Crippen LogP contribution in [0.1, 0.15) is 35.2 Å². The Morgan fingerprint density at radius 2 is 2.00 bits per heavy atom. The molecule has 2 fully saturated rings. The van der Waals surface area contributed by atoms with Gasteiger partial charge in [-0.2, -0.15) is 0 Å². The molecule has 3 rings (SSSR count). The first kappa shape index (κ1) is 12.6. The topological polar surface area (TPSA) is 40.5 Å². The SMILES string of the molecule is O=C(O)c1ccc(CN2CC3CCCC3C2)cc1F. The van der Waals surface area contributed by atoms with Gasteiger partial charge in [0.15, 0.2) is 0 Å². The van der Waals surface area contributed by atoms with E-state index in [4.69, 9.17) is 5.11 Å². The molecule has 2 unspecified atom stereocenters. The van der Waals surface area contributed by atoms with Gasteiger partial charge >= 0.3 is 5.97 Å². The summed E-state index contributed by atoms with van der Waals surface area (Å²) in [7, 11) is 0. The molecular weight excluding hydrogens is 245 g/mol. The van der Waals surface area contributed by atoms with Crippen LogP contribution in [0.4, 0.5) is 4.39 Å². The van der Waals surface area contributed by atoms with Gasteiger partial charge < -0.3 is 5.11 Å². The van der Waals surface area contributed by atoms with Gasteiger partial charge in [0.25, 0.3) is 0 Å². The number of benzene rings is 1. The normalized spacial score (nSPS) is 26.6. The highest BCUT2D eigenvalue weighted by molar-refractivity contribution is 5.87. The van der Waals surface area contributed by atoms with Crippen molar-refractivity contribution in [1.29, 1.82) is 0 Å². The van der Waals surface area contributed by atoms with Gasteiger partial charge in [-0.25, -0.2) is 9.18 Å². The molecule has 0 radical (unpaired) electrons. The molecule has 1 N–H and O–H groups in total. The third-order valence-electron chi connectivity index (χ3n) is 4.47. The molecule has 1 saturated heterocycles. The number of rotatable bonds is 3. The molecule has 0 aromatic heterocycles. The van der Waals surface area contributed by atoms with Crippen LogP contribution in [0.3, 0.4) is 0 Å². The number of carboxylic acids is 1. The fraction of sp³-hybridized carbons (Fsp3) is 0.533. The molecule has 0 bridgehead atoms. The molecule has 4 heteroatoms. The molecule has 19 heavy (non-hydrogen) atoms. The molecule has 1 aliphatic heterocycles. The van der Waals surface area contributed by atoms with Crippen LogP contribution in [0, 0.1) is 17.7 Å². The van der Waals surface area contributed by atoms with Gasteiger partial charge in [0, 0.05) is 19.6 Å². The Morgan fingerprint density at radius 1 is 1.32 bits per heavy atom. The van der Waals surface area contributed by atoms with Crippen LogP contribution in [0.2, 0.25) is 0 Å². The van der Waals surface area contributed by atoms with Crippen molar-refractivity contribution in [1.82, 2.24) is 4.90 Å². The van der Waals surface area contributed by atoms with Crippen molar-refractivity contribution in [3.63, 3.8) is 0 Å². The van der Waals surface area contributed by atoms with Crippen molar-refractivity contribution in [2.45, 2.75) is 25.8 Å². The van der Waals surface area contributed by atoms with E-state index in [1.54, 1.807) is 6.07 Å². The number of carbonyl (C=O) groups is 1. The second kappa shape index (κ2) is 4.93. The van der Waals surface area contributed by atoms with E-state index in [0.29, 0.717) is 0 Å². The van der Waals surface area contributed by atoms with E-state index in [1.165, 1.54) is 31.4 Å². The summed E-state index contributed by atoms with van der Waals surface area (Å²) < 4.78 is 13.6. The third-order valence-corrected chi connectivity index (χ3v) is 4.47. The highest BCUT2D eigenvalue weighted by Crippen LogP contribution is 2.38. The van der Waals surface area contributed by atoms with Crippen molar-refractivity contribution >= 4 is 5.97 Å². The van der Waals surface area contributed by atoms with Crippen LogP contribution in [-0.2, 0) is 6.54 Å². The van der Waals surface area contributed by atoms with E-state index in [-0.39, 0.29) is 5.56 Å². The average molecular weight is 263 g/mol. The Morgan fingerprint density at radius 3 is 2.58 bits per heavy atom. The van der Waals surface area contributed by atoms with Gasteiger partial charge in [0.05, 0.1) is 5.56 Å². The number of fused-ring (bicyclic) bond motifs is 1. The first-order valence-electron chi connectivity index (χ1n) is 6.87. The molecule has 3 nitrogen and oxygen atoms in total. The predicted molar refractivity (Wildman–Crippen MR) is 69.5 cm³/mol. The first-order chi connectivity index (χ1) is 9.13. The maximum absolute atomic E-state index is 13.6. The summed E-state index contributed by atoms with van der Waals surface area (Å²) in [6, 6.07) is 4.45. The molecule has 1 heterocycles. The van der Waals surface area contributed by atoms with Crippen LogP contribution in [0.25, 0.3) is 0 Å². The zero-order chi connectivity index (χ0) is 13.4. The summed E-state index contributed by atoms with van der Waals surface area (Å²) >= 11 is 0. The number of halogens is 1. The standard InChI is InChI=1S/C15H18FNO2/c16-14-6-10(4-5-13(14)15(18)19)7-17-8-11-2-1-3-12(11)9-17/h4-6,11-12H,1-3,7-9H2,(H,18,19). The highest BCUT2D eigenvalue weighted by atomic mass is 19.1. The lowest BCUT2D eigenvalue weighted by Crippen LogP contribution is -2.21. The first-order valence-corrected chi connectivity index (χ1v) is 6.87. The predicted octanol–water partition coefficient (Wildman–Crippen LogP) is 2.76. The summed E-state index contributed by atoms with van der Waals surface area (Å²) in [5, 5.41) is 8.80. The van der Waals surface area contributed by atoms with E-state index in [2.05, 4.69) is 4.90 Å². The van der Waals surface area contributed by atoms with E-state index < -0.39 is 11.8 Å². The lowest BCUT2D eigenvalue weighted by atomic mass is 10.0. The van der Waals surface area contributed by atoms with E-state index in [0.717, 1.165) is 37.0 Å². The quantitative estimate of drug-likeness (QED) is 0.911. The minimum atomic E-state index is -1.21. The number of aromatic carboxylic acids is 1. The van der Waals surface area contributed by atoms with Crippen LogP contribution in [0.15, 0.2) is 18.2 Å². The molecule has 1 aromatic carbocycles. The Kier molecular flexibility index (Phi) is 3.27.